The van der Waals surface area contributed by atoms with E-state index in [4.69, 9.17) is 0 Å². The monoisotopic (exact) mass is 249 g/mol. The van der Waals surface area contributed by atoms with Gasteiger partial charge in [-0.2, -0.15) is 0 Å². The molecule has 0 fully saturated rings. The third-order valence-electron chi connectivity index (χ3n) is 2.17. The fourth-order valence-electron chi connectivity index (χ4n) is 1.29. The van der Waals surface area contributed by atoms with Crippen LogP contribution in [0.4, 0.5) is 0 Å². The molecule has 0 aromatic carbocycles. The first-order valence-electron chi connectivity index (χ1n) is 5.07. The van der Waals surface area contributed by atoms with Crippen molar-refractivity contribution < 1.29 is 9.53 Å². The molecule has 0 saturated carbocycles. The predicted octanol–water partition coefficient (Wildman–Crippen LogP) is 1.71. The van der Waals surface area contributed by atoms with Crippen molar-refractivity contribution in [3.05, 3.63) is 29.7 Å². The summed E-state index contributed by atoms with van der Waals surface area (Å²) in [6, 6.07) is 1.81. The van der Waals surface area contributed by atoms with Gasteiger partial charge in [0.1, 0.15) is 17.0 Å². The number of esters is 1. The Bertz CT molecular complexity index is 498. The molecule has 6 heteroatoms. The Balaban J connectivity index is 2.04. The lowest BCUT2D eigenvalue weighted by Crippen LogP contribution is -2.01. The molecular formula is C11H11N3O2S. The van der Waals surface area contributed by atoms with Gasteiger partial charge in [-0.05, 0) is 6.07 Å². The zero-order chi connectivity index (χ0) is 12.1. The van der Waals surface area contributed by atoms with Gasteiger partial charge in [-0.1, -0.05) is 0 Å². The largest absolute Gasteiger partial charge is 0.469 e. The fraction of sp³-hybridized carbons (Fsp3) is 0.273. The van der Waals surface area contributed by atoms with Crippen LogP contribution in [0.25, 0.3) is 10.7 Å². The van der Waals surface area contributed by atoms with E-state index in [1.807, 2.05) is 11.4 Å². The summed E-state index contributed by atoms with van der Waals surface area (Å²) in [4.78, 5) is 23.4. The maximum atomic E-state index is 11.0. The molecule has 0 aliphatic rings. The summed E-state index contributed by atoms with van der Waals surface area (Å²) in [5.74, 6) is -0.221. The van der Waals surface area contributed by atoms with Crippen LogP contribution in [0.2, 0.25) is 0 Å². The number of carbonyl (C=O) groups is 1. The standard InChI is InChI=1S/C11H11N3O2S/c1-16-10(15)3-2-8-6-17-11(14-8)9-4-5-12-7-13-9/h4-7H,2-3H2,1H3. The average Bonchev–Trinajstić information content (AvgIpc) is 2.86. The van der Waals surface area contributed by atoms with Crippen LogP contribution in [-0.2, 0) is 16.0 Å². The first-order chi connectivity index (χ1) is 8.29. The molecule has 5 nitrogen and oxygen atoms in total. The number of nitrogens with zero attached hydrogens (tertiary/aromatic N) is 3. The van der Waals surface area contributed by atoms with Gasteiger partial charge in [0, 0.05) is 18.0 Å². The number of hydrogen-bond acceptors (Lipinski definition) is 6. The molecule has 17 heavy (non-hydrogen) atoms. The van der Waals surface area contributed by atoms with Crippen molar-refractivity contribution in [1.82, 2.24) is 15.0 Å². The smallest absolute Gasteiger partial charge is 0.305 e. The van der Waals surface area contributed by atoms with Gasteiger partial charge in [-0.3, -0.25) is 4.79 Å². The summed E-state index contributed by atoms with van der Waals surface area (Å²) in [5.41, 5.74) is 1.68. The van der Waals surface area contributed by atoms with Gasteiger partial charge >= 0.3 is 5.97 Å². The minimum atomic E-state index is -0.221. The Morgan fingerprint density at radius 1 is 1.53 bits per heavy atom. The number of hydrogen-bond donors (Lipinski definition) is 0. The van der Waals surface area contributed by atoms with Crippen LogP contribution >= 0.6 is 11.3 Å². The first kappa shape index (κ1) is 11.7. The minimum absolute atomic E-state index is 0.221. The number of carbonyl (C=O) groups excluding carboxylic acids is 1. The van der Waals surface area contributed by atoms with E-state index in [2.05, 4.69) is 19.7 Å². The van der Waals surface area contributed by atoms with Crippen LogP contribution in [0.15, 0.2) is 24.0 Å². The van der Waals surface area contributed by atoms with Crippen LogP contribution in [0, 0.1) is 0 Å². The molecule has 0 N–H and O–H groups in total. The van der Waals surface area contributed by atoms with Gasteiger partial charge in [0.15, 0.2) is 0 Å². The number of rotatable bonds is 4. The van der Waals surface area contributed by atoms with Crippen LogP contribution in [-0.4, -0.2) is 28.0 Å². The highest BCUT2D eigenvalue weighted by molar-refractivity contribution is 7.13. The second-order valence-corrected chi connectivity index (χ2v) is 4.17. The summed E-state index contributed by atoms with van der Waals surface area (Å²) in [7, 11) is 1.38. The molecule has 0 aliphatic heterocycles. The molecular weight excluding hydrogens is 238 g/mol. The number of aryl methyl sites for hydroxylation is 1. The van der Waals surface area contributed by atoms with E-state index in [0.717, 1.165) is 16.4 Å². The van der Waals surface area contributed by atoms with Crippen LogP contribution in [0.3, 0.4) is 0 Å². The van der Waals surface area contributed by atoms with Gasteiger partial charge in [0.25, 0.3) is 0 Å². The molecule has 0 saturated heterocycles. The highest BCUT2D eigenvalue weighted by atomic mass is 32.1. The van der Waals surface area contributed by atoms with Crippen molar-refractivity contribution in [1.29, 1.82) is 0 Å². The van der Waals surface area contributed by atoms with Gasteiger partial charge < -0.3 is 4.74 Å². The topological polar surface area (TPSA) is 65.0 Å². The molecule has 0 amide bonds. The molecule has 2 aromatic rings. The SMILES string of the molecule is COC(=O)CCc1csc(-c2ccncn2)n1. The molecule has 0 unspecified atom stereocenters. The van der Waals surface area contributed by atoms with Crippen molar-refractivity contribution in [2.45, 2.75) is 12.8 Å². The summed E-state index contributed by atoms with van der Waals surface area (Å²) >= 11 is 1.51. The van der Waals surface area contributed by atoms with Gasteiger partial charge in [-0.25, -0.2) is 15.0 Å². The number of aromatic nitrogens is 3. The third-order valence-corrected chi connectivity index (χ3v) is 3.08. The highest BCUT2D eigenvalue weighted by Crippen LogP contribution is 2.21. The molecule has 2 aromatic heterocycles. The van der Waals surface area contributed by atoms with E-state index in [1.54, 1.807) is 6.20 Å². The third kappa shape index (κ3) is 3.07. The van der Waals surface area contributed by atoms with Crippen molar-refractivity contribution in [2.24, 2.45) is 0 Å². The Hall–Kier alpha value is -1.82. The summed E-state index contributed by atoms with van der Waals surface area (Å²) in [6.45, 7) is 0. The van der Waals surface area contributed by atoms with Gasteiger partial charge in [0.2, 0.25) is 0 Å². The van der Waals surface area contributed by atoms with Crippen LogP contribution < -0.4 is 0 Å². The normalized spacial score (nSPS) is 10.2. The maximum absolute atomic E-state index is 11.0. The number of thiazole rings is 1. The van der Waals surface area contributed by atoms with E-state index in [0.29, 0.717) is 12.8 Å². The van der Waals surface area contributed by atoms with Crippen molar-refractivity contribution in [3.8, 4) is 10.7 Å². The van der Waals surface area contributed by atoms with Gasteiger partial charge in [-0.15, -0.1) is 11.3 Å². The first-order valence-corrected chi connectivity index (χ1v) is 5.95. The predicted molar refractivity (Wildman–Crippen MR) is 63.5 cm³/mol. The molecule has 2 rings (SSSR count). The summed E-state index contributed by atoms with van der Waals surface area (Å²) in [6.07, 6.45) is 4.11. The maximum Gasteiger partial charge on any atom is 0.305 e. The molecule has 0 radical (unpaired) electrons. The molecule has 0 atom stereocenters. The minimum Gasteiger partial charge on any atom is -0.469 e. The van der Waals surface area contributed by atoms with Crippen molar-refractivity contribution in [2.75, 3.05) is 7.11 Å². The quantitative estimate of drug-likeness (QED) is 0.772. The van der Waals surface area contributed by atoms with Crippen molar-refractivity contribution >= 4 is 17.3 Å². The fourth-order valence-corrected chi connectivity index (χ4v) is 2.12. The Labute approximate surface area is 103 Å². The molecule has 0 bridgehead atoms. The molecule has 2 heterocycles. The van der Waals surface area contributed by atoms with E-state index in [-0.39, 0.29) is 5.97 Å². The second-order valence-electron chi connectivity index (χ2n) is 3.31. The lowest BCUT2D eigenvalue weighted by Gasteiger charge is -1.96. The van der Waals surface area contributed by atoms with Gasteiger partial charge in [0.05, 0.1) is 19.2 Å². The van der Waals surface area contributed by atoms with E-state index >= 15 is 0 Å². The summed E-state index contributed by atoms with van der Waals surface area (Å²) in [5, 5.41) is 2.77. The molecule has 0 spiro atoms. The van der Waals surface area contributed by atoms with E-state index < -0.39 is 0 Å². The lowest BCUT2D eigenvalue weighted by molar-refractivity contribution is -0.140. The lowest BCUT2D eigenvalue weighted by atomic mass is 10.2. The van der Waals surface area contributed by atoms with E-state index in [9.17, 15) is 4.79 Å². The molecule has 0 aliphatic carbocycles. The highest BCUT2D eigenvalue weighted by Gasteiger charge is 2.07. The Kier molecular flexibility index (Phi) is 3.77. The Morgan fingerprint density at radius 3 is 3.12 bits per heavy atom. The zero-order valence-electron chi connectivity index (χ0n) is 9.29. The second kappa shape index (κ2) is 5.49. The number of ether oxygens (including phenoxy) is 1. The molecule has 88 valence electrons. The summed E-state index contributed by atoms with van der Waals surface area (Å²) < 4.78 is 4.58. The Morgan fingerprint density at radius 2 is 2.41 bits per heavy atom. The van der Waals surface area contributed by atoms with Crippen molar-refractivity contribution in [3.63, 3.8) is 0 Å². The van der Waals surface area contributed by atoms with Crippen LogP contribution in [0.5, 0.6) is 0 Å². The average molecular weight is 249 g/mol. The zero-order valence-corrected chi connectivity index (χ0v) is 10.1. The van der Waals surface area contributed by atoms with Crippen LogP contribution in [0.1, 0.15) is 12.1 Å². The number of methoxy groups -OCH3 is 1. The van der Waals surface area contributed by atoms with E-state index in [1.165, 1.54) is 24.8 Å².